The van der Waals surface area contributed by atoms with Crippen LogP contribution >= 0.6 is 0 Å². The monoisotopic (exact) mass is 482 g/mol. The number of hydrogen-bond acceptors (Lipinski definition) is 6. The summed E-state index contributed by atoms with van der Waals surface area (Å²) < 4.78 is 31.9. The van der Waals surface area contributed by atoms with Crippen molar-refractivity contribution in [3.05, 3.63) is 53.6 Å². The maximum atomic E-state index is 12.4. The zero-order chi connectivity index (χ0) is 24.0. The van der Waals surface area contributed by atoms with Crippen molar-refractivity contribution in [2.24, 2.45) is 13.0 Å². The molecule has 34 heavy (non-hydrogen) atoms. The molecule has 0 spiro atoms. The van der Waals surface area contributed by atoms with Crippen molar-refractivity contribution in [2.45, 2.75) is 37.0 Å². The molecule has 1 aliphatic heterocycles. The van der Waals surface area contributed by atoms with E-state index in [2.05, 4.69) is 16.5 Å². The minimum absolute atomic E-state index is 0.174. The van der Waals surface area contributed by atoms with Crippen molar-refractivity contribution in [2.75, 3.05) is 18.1 Å². The number of aromatic nitrogens is 2. The Balaban J connectivity index is 1.24. The number of carbonyl (C=O) groups is 2. The molecule has 5 rings (SSSR count). The van der Waals surface area contributed by atoms with Crippen LogP contribution < -0.4 is 10.2 Å². The number of hydrogen-bond donors (Lipinski definition) is 1. The van der Waals surface area contributed by atoms with Crippen molar-refractivity contribution < 1.29 is 22.2 Å². The molecule has 1 saturated carbocycles. The van der Waals surface area contributed by atoms with Crippen molar-refractivity contribution >= 4 is 38.8 Å². The van der Waals surface area contributed by atoms with Crippen LogP contribution in [0, 0.1) is 12.8 Å². The first-order chi connectivity index (χ1) is 16.2. The topological polar surface area (TPSA) is 111 Å². The van der Waals surface area contributed by atoms with Crippen LogP contribution in [0.2, 0.25) is 0 Å². The summed E-state index contributed by atoms with van der Waals surface area (Å²) in [5, 5.41) is 7.70. The summed E-state index contributed by atoms with van der Waals surface area (Å²) in [5.41, 5.74) is 3.05. The molecule has 0 unspecified atom stereocenters. The third-order valence-electron chi connectivity index (χ3n) is 6.64. The van der Waals surface area contributed by atoms with Gasteiger partial charge < -0.3 is 0 Å². The number of aryl methyl sites for hydroxylation is 2. The number of carbonyl (C=O) groups excluding carboxylic acids is 2. The second-order valence-electron chi connectivity index (χ2n) is 9.06. The van der Waals surface area contributed by atoms with Crippen LogP contribution in [0.25, 0.3) is 10.9 Å². The Bertz CT molecular complexity index is 1370. The molecule has 0 atom stereocenters. The minimum atomic E-state index is -3.75. The van der Waals surface area contributed by atoms with Gasteiger partial charge in [-0.05, 0) is 61.4 Å². The van der Waals surface area contributed by atoms with E-state index >= 15 is 0 Å². The molecule has 1 N–H and O–H groups in total. The van der Waals surface area contributed by atoms with Crippen molar-refractivity contribution in [1.29, 1.82) is 0 Å². The molecular weight excluding hydrogens is 456 g/mol. The van der Waals surface area contributed by atoms with Crippen LogP contribution in [0.3, 0.4) is 0 Å². The lowest BCUT2D eigenvalue weighted by molar-refractivity contribution is -0.120. The summed E-state index contributed by atoms with van der Waals surface area (Å²) in [6.45, 7) is 2.38. The highest BCUT2D eigenvalue weighted by Crippen LogP contribution is 2.43. The van der Waals surface area contributed by atoms with E-state index in [4.69, 9.17) is 4.18 Å². The lowest BCUT2D eigenvalue weighted by Gasteiger charge is -2.35. The van der Waals surface area contributed by atoms with Crippen LogP contribution in [0.5, 0.6) is 0 Å². The van der Waals surface area contributed by atoms with E-state index in [1.165, 1.54) is 4.90 Å². The first-order valence-electron chi connectivity index (χ1n) is 11.3. The van der Waals surface area contributed by atoms with Gasteiger partial charge >= 0.3 is 6.03 Å². The van der Waals surface area contributed by atoms with Gasteiger partial charge in [-0.3, -0.25) is 23.9 Å². The zero-order valence-electron chi connectivity index (χ0n) is 19.0. The van der Waals surface area contributed by atoms with Gasteiger partial charge in [-0.15, -0.1) is 0 Å². The molecule has 1 saturated heterocycles. The average molecular weight is 483 g/mol. The lowest BCUT2D eigenvalue weighted by atomic mass is 9.72. The van der Waals surface area contributed by atoms with Gasteiger partial charge in [0.05, 0.1) is 17.0 Å². The van der Waals surface area contributed by atoms with E-state index in [0.29, 0.717) is 18.3 Å². The van der Waals surface area contributed by atoms with Crippen LogP contribution in [0.4, 0.5) is 10.6 Å². The number of rotatable bonds is 6. The lowest BCUT2D eigenvalue weighted by Crippen LogP contribution is -2.49. The van der Waals surface area contributed by atoms with Gasteiger partial charge in [0, 0.05) is 25.4 Å². The number of amides is 3. The van der Waals surface area contributed by atoms with Gasteiger partial charge in [0.25, 0.3) is 10.1 Å². The molecule has 2 aliphatic rings. The number of benzene rings is 2. The highest BCUT2D eigenvalue weighted by atomic mass is 32.2. The summed E-state index contributed by atoms with van der Waals surface area (Å²) in [5.74, 6) is 0.751. The standard InChI is InChI=1S/C24H26N4O5S/c1-15-3-6-19(7-4-15)34(31,32)33-14-16-11-18(12-16)17-5-8-20-21(13-17)27(2)26-23(20)28-10-9-22(29)25-24(28)30/h3-8,13,16,18H,9-12,14H2,1-2H3,(H,25,29,30). The third kappa shape index (κ3) is 4.19. The fourth-order valence-corrected chi connectivity index (χ4v) is 5.55. The second-order valence-corrected chi connectivity index (χ2v) is 10.7. The Kier molecular flexibility index (Phi) is 5.65. The van der Waals surface area contributed by atoms with Gasteiger partial charge in [0.2, 0.25) is 5.91 Å². The Hall–Kier alpha value is -3.24. The molecule has 1 aromatic heterocycles. The Morgan fingerprint density at radius 2 is 1.85 bits per heavy atom. The molecule has 2 aromatic carbocycles. The number of imide groups is 1. The highest BCUT2D eigenvalue weighted by Gasteiger charge is 2.33. The summed E-state index contributed by atoms with van der Waals surface area (Å²) in [6, 6.07) is 12.3. The van der Waals surface area contributed by atoms with E-state index < -0.39 is 16.1 Å². The van der Waals surface area contributed by atoms with Crippen molar-refractivity contribution in [3.8, 4) is 0 Å². The van der Waals surface area contributed by atoms with E-state index in [9.17, 15) is 18.0 Å². The molecule has 2 heterocycles. The molecule has 3 aromatic rings. The number of nitrogens with one attached hydrogen (secondary N) is 1. The second kappa shape index (κ2) is 8.52. The summed E-state index contributed by atoms with van der Waals surface area (Å²) >= 11 is 0. The van der Waals surface area contributed by atoms with Crippen LogP contribution in [0.15, 0.2) is 47.4 Å². The molecule has 2 fully saturated rings. The summed E-state index contributed by atoms with van der Waals surface area (Å²) in [6.07, 6.45) is 1.93. The van der Waals surface area contributed by atoms with Gasteiger partial charge in [0.1, 0.15) is 0 Å². The largest absolute Gasteiger partial charge is 0.329 e. The zero-order valence-corrected chi connectivity index (χ0v) is 19.8. The van der Waals surface area contributed by atoms with Gasteiger partial charge in [-0.25, -0.2) is 4.79 Å². The molecule has 9 nitrogen and oxygen atoms in total. The maximum Gasteiger partial charge on any atom is 0.329 e. The van der Waals surface area contributed by atoms with E-state index in [0.717, 1.165) is 34.9 Å². The summed E-state index contributed by atoms with van der Waals surface area (Å²) in [4.78, 5) is 25.4. The smallest absolute Gasteiger partial charge is 0.278 e. The molecule has 0 radical (unpaired) electrons. The molecule has 178 valence electrons. The van der Waals surface area contributed by atoms with Crippen molar-refractivity contribution in [3.63, 3.8) is 0 Å². The molecule has 10 heteroatoms. The van der Waals surface area contributed by atoms with Gasteiger partial charge in [-0.1, -0.05) is 23.8 Å². The summed E-state index contributed by atoms with van der Waals surface area (Å²) in [7, 11) is -1.92. The molecule has 3 amide bonds. The Morgan fingerprint density at radius 1 is 1.12 bits per heavy atom. The van der Waals surface area contributed by atoms with Crippen LogP contribution in [-0.2, 0) is 26.1 Å². The SMILES string of the molecule is Cc1ccc(S(=O)(=O)OCC2CC(c3ccc4c(N5CCC(=O)NC5=O)nn(C)c4c3)C2)cc1. The van der Waals surface area contributed by atoms with Gasteiger partial charge in [-0.2, -0.15) is 13.5 Å². The highest BCUT2D eigenvalue weighted by molar-refractivity contribution is 7.86. The maximum absolute atomic E-state index is 12.4. The normalized spacial score (nSPS) is 20.9. The number of anilines is 1. The first-order valence-corrected chi connectivity index (χ1v) is 12.7. The molecule has 1 aliphatic carbocycles. The number of nitrogens with zero attached hydrogens (tertiary/aromatic N) is 3. The Labute approximate surface area is 197 Å². The number of fused-ring (bicyclic) bond motifs is 1. The molecular formula is C24H26N4O5S. The van der Waals surface area contributed by atoms with E-state index in [-0.39, 0.29) is 29.7 Å². The average Bonchev–Trinajstić information content (AvgIpc) is 3.09. The number of urea groups is 1. The predicted octanol–water partition coefficient (Wildman–Crippen LogP) is 3.23. The third-order valence-corrected chi connectivity index (χ3v) is 7.94. The minimum Gasteiger partial charge on any atom is -0.278 e. The van der Waals surface area contributed by atoms with Gasteiger partial charge in [0.15, 0.2) is 5.82 Å². The fraction of sp³-hybridized carbons (Fsp3) is 0.375. The Morgan fingerprint density at radius 3 is 2.56 bits per heavy atom. The van der Waals surface area contributed by atoms with Crippen LogP contribution in [0.1, 0.15) is 36.3 Å². The van der Waals surface area contributed by atoms with Crippen molar-refractivity contribution in [1.82, 2.24) is 15.1 Å². The first kappa shape index (κ1) is 22.5. The molecule has 0 bridgehead atoms. The van der Waals surface area contributed by atoms with E-state index in [1.807, 2.05) is 26.1 Å². The van der Waals surface area contributed by atoms with E-state index in [1.54, 1.807) is 28.9 Å². The predicted molar refractivity (Wildman–Crippen MR) is 126 cm³/mol. The fourth-order valence-electron chi connectivity index (χ4n) is 4.58. The van der Waals surface area contributed by atoms with Crippen LogP contribution in [-0.4, -0.2) is 43.3 Å². The quantitative estimate of drug-likeness (QED) is 0.540.